The molecule has 2 aliphatic heterocycles. The lowest BCUT2D eigenvalue weighted by Gasteiger charge is -2.38. The Morgan fingerprint density at radius 2 is 2.00 bits per heavy atom. The van der Waals surface area contributed by atoms with Crippen molar-refractivity contribution >= 4 is 11.8 Å². The lowest BCUT2D eigenvalue weighted by Crippen LogP contribution is -2.60. The van der Waals surface area contributed by atoms with Crippen molar-refractivity contribution in [3.8, 4) is 0 Å². The highest BCUT2D eigenvalue weighted by Gasteiger charge is 2.41. The van der Waals surface area contributed by atoms with Crippen molar-refractivity contribution in [1.29, 1.82) is 0 Å². The second kappa shape index (κ2) is 6.45. The van der Waals surface area contributed by atoms with Gasteiger partial charge in [0.2, 0.25) is 0 Å². The van der Waals surface area contributed by atoms with E-state index in [1.54, 1.807) is 11.8 Å². The Labute approximate surface area is 123 Å². The smallest absolute Gasteiger partial charge is 0.106 e. The number of nitrogens with one attached hydrogen (secondary N) is 1. The number of benzene rings is 1. The number of aliphatic hydroxyl groups is 1. The average Bonchev–Trinajstić information content (AvgIpc) is 2.72. The van der Waals surface area contributed by atoms with Crippen LogP contribution >= 0.6 is 11.8 Å². The molecule has 0 spiro atoms. The number of hydrogen-bond acceptors (Lipinski definition) is 5. The summed E-state index contributed by atoms with van der Waals surface area (Å²) in [5.74, 6) is 0. The van der Waals surface area contributed by atoms with Gasteiger partial charge in [0.25, 0.3) is 0 Å². The molecular weight excluding hydrogens is 274 g/mol. The number of fused-ring (bicyclic) bond motifs is 1. The van der Waals surface area contributed by atoms with Crippen LogP contribution in [0.4, 0.5) is 0 Å². The Balaban J connectivity index is 1.70. The minimum Gasteiger partial charge on any atom is -0.389 e. The van der Waals surface area contributed by atoms with Crippen LogP contribution in [0.1, 0.15) is 11.7 Å². The summed E-state index contributed by atoms with van der Waals surface area (Å²) in [5, 5.41) is 14.0. The van der Waals surface area contributed by atoms with Crippen molar-refractivity contribution in [2.45, 2.75) is 29.6 Å². The molecule has 2 saturated heterocycles. The predicted octanol–water partition coefficient (Wildman–Crippen LogP) is 1.21. The van der Waals surface area contributed by atoms with Gasteiger partial charge in [-0.15, -0.1) is 0 Å². The van der Waals surface area contributed by atoms with Crippen molar-refractivity contribution in [1.82, 2.24) is 5.32 Å². The highest BCUT2D eigenvalue weighted by molar-refractivity contribution is 7.99. The molecule has 5 atom stereocenters. The molecule has 2 N–H and O–H groups in total. The van der Waals surface area contributed by atoms with Crippen molar-refractivity contribution in [2.75, 3.05) is 26.0 Å². The second-order valence-corrected chi connectivity index (χ2v) is 6.39. The molecule has 3 rings (SSSR count). The normalized spacial score (nSPS) is 38.0. The molecule has 1 aromatic carbocycles. The van der Waals surface area contributed by atoms with Gasteiger partial charge in [0.1, 0.15) is 12.2 Å². The predicted molar refractivity (Wildman–Crippen MR) is 80.0 cm³/mol. The molecule has 0 amide bonds. The van der Waals surface area contributed by atoms with Crippen LogP contribution < -0.4 is 5.32 Å². The summed E-state index contributed by atoms with van der Waals surface area (Å²) in [5.41, 5.74) is 1.13. The number of hydrogen-bond donors (Lipinski definition) is 2. The fourth-order valence-corrected chi connectivity index (χ4v) is 3.57. The maximum Gasteiger partial charge on any atom is 0.106 e. The largest absolute Gasteiger partial charge is 0.389 e. The summed E-state index contributed by atoms with van der Waals surface area (Å²) < 4.78 is 11.9. The van der Waals surface area contributed by atoms with Gasteiger partial charge in [0.15, 0.2) is 0 Å². The summed E-state index contributed by atoms with van der Waals surface area (Å²) in [6.07, 6.45) is 1.35. The fourth-order valence-electron chi connectivity index (χ4n) is 2.87. The molecule has 0 aliphatic carbocycles. The van der Waals surface area contributed by atoms with E-state index in [0.29, 0.717) is 13.2 Å². The van der Waals surface area contributed by atoms with Crippen LogP contribution in [0.2, 0.25) is 0 Å². The van der Waals surface area contributed by atoms with Gasteiger partial charge < -0.3 is 19.9 Å². The average molecular weight is 295 g/mol. The Morgan fingerprint density at radius 3 is 2.75 bits per heavy atom. The maximum atomic E-state index is 10.4. The van der Waals surface area contributed by atoms with Crippen LogP contribution in [0.15, 0.2) is 30.3 Å². The molecule has 0 bridgehead atoms. The Kier molecular flexibility index (Phi) is 4.63. The number of aliphatic hydroxyl groups excluding tert-OH is 1. The van der Waals surface area contributed by atoms with Crippen molar-refractivity contribution in [3.63, 3.8) is 0 Å². The highest BCUT2D eigenvalue weighted by atomic mass is 32.2. The van der Waals surface area contributed by atoms with Gasteiger partial charge in [-0.3, -0.25) is 0 Å². The van der Waals surface area contributed by atoms with E-state index in [2.05, 4.69) is 17.4 Å². The summed E-state index contributed by atoms with van der Waals surface area (Å²) in [7, 11) is 0. The number of ether oxygens (including phenoxy) is 2. The lowest BCUT2D eigenvalue weighted by atomic mass is 9.98. The molecule has 2 fully saturated rings. The molecule has 0 saturated carbocycles. The standard InChI is InChI=1S/C15H21NO3S/c1-20-13-7-16-11-8-18-12(9-19-15(11)14(13)17)10-5-3-2-4-6-10/h2-6,11-17H,7-9H2,1H3/t11-,12+,13+,14-,15-/m1/s1. The van der Waals surface area contributed by atoms with Gasteiger partial charge >= 0.3 is 0 Å². The van der Waals surface area contributed by atoms with Crippen LogP contribution in [0, 0.1) is 0 Å². The van der Waals surface area contributed by atoms with E-state index in [-0.39, 0.29) is 23.5 Å². The van der Waals surface area contributed by atoms with E-state index in [4.69, 9.17) is 9.47 Å². The molecule has 0 unspecified atom stereocenters. The van der Waals surface area contributed by atoms with E-state index in [0.717, 1.165) is 12.1 Å². The highest BCUT2D eigenvalue weighted by Crippen LogP contribution is 2.28. The Bertz CT molecular complexity index is 430. The van der Waals surface area contributed by atoms with Gasteiger partial charge in [-0.2, -0.15) is 11.8 Å². The summed E-state index contributed by atoms with van der Waals surface area (Å²) in [6, 6.07) is 10.2. The number of piperidine rings is 1. The van der Waals surface area contributed by atoms with E-state index < -0.39 is 6.10 Å². The number of thioether (sulfide) groups is 1. The third-order valence-electron chi connectivity index (χ3n) is 4.09. The van der Waals surface area contributed by atoms with E-state index >= 15 is 0 Å². The van der Waals surface area contributed by atoms with Crippen LogP contribution in [0.3, 0.4) is 0 Å². The van der Waals surface area contributed by atoms with Gasteiger partial charge in [-0.05, 0) is 11.8 Å². The van der Waals surface area contributed by atoms with Crippen molar-refractivity contribution < 1.29 is 14.6 Å². The first-order chi connectivity index (χ1) is 9.79. The molecule has 110 valence electrons. The van der Waals surface area contributed by atoms with E-state index in [1.165, 1.54) is 0 Å². The third kappa shape index (κ3) is 2.87. The number of rotatable bonds is 2. The first kappa shape index (κ1) is 14.4. The van der Waals surface area contributed by atoms with Crippen LogP contribution in [-0.2, 0) is 9.47 Å². The van der Waals surface area contributed by atoms with Gasteiger partial charge in [-0.25, -0.2) is 0 Å². The first-order valence-corrected chi connectivity index (χ1v) is 8.31. The topological polar surface area (TPSA) is 50.7 Å². The zero-order chi connectivity index (χ0) is 13.9. The molecule has 20 heavy (non-hydrogen) atoms. The zero-order valence-corrected chi connectivity index (χ0v) is 12.4. The third-order valence-corrected chi connectivity index (χ3v) is 5.14. The quantitative estimate of drug-likeness (QED) is 0.859. The Morgan fingerprint density at radius 1 is 1.20 bits per heavy atom. The molecule has 0 aromatic heterocycles. The minimum absolute atomic E-state index is 0.0523. The molecule has 0 radical (unpaired) electrons. The van der Waals surface area contributed by atoms with Gasteiger partial charge in [-0.1, -0.05) is 30.3 Å². The van der Waals surface area contributed by atoms with Crippen molar-refractivity contribution in [2.24, 2.45) is 0 Å². The fraction of sp³-hybridized carbons (Fsp3) is 0.600. The molecule has 2 aliphatic rings. The molecule has 4 nitrogen and oxygen atoms in total. The second-order valence-electron chi connectivity index (χ2n) is 5.31. The summed E-state index contributed by atoms with van der Waals surface area (Å²) in [4.78, 5) is 0. The van der Waals surface area contributed by atoms with Crippen LogP contribution in [-0.4, -0.2) is 54.6 Å². The SMILES string of the molecule is CS[C@H]1CN[C@@H]2CO[C@H](c3ccccc3)CO[C@H]2[C@@H]1O. The van der Waals surface area contributed by atoms with Crippen molar-refractivity contribution in [3.05, 3.63) is 35.9 Å². The maximum absolute atomic E-state index is 10.4. The van der Waals surface area contributed by atoms with Gasteiger partial charge in [0, 0.05) is 11.8 Å². The van der Waals surface area contributed by atoms with Crippen LogP contribution in [0.5, 0.6) is 0 Å². The lowest BCUT2D eigenvalue weighted by molar-refractivity contribution is -0.0648. The summed E-state index contributed by atoms with van der Waals surface area (Å²) >= 11 is 1.68. The molecular formula is C15H21NO3S. The van der Waals surface area contributed by atoms with Crippen LogP contribution in [0.25, 0.3) is 0 Å². The molecule has 2 heterocycles. The minimum atomic E-state index is -0.436. The molecule has 1 aromatic rings. The first-order valence-electron chi connectivity index (χ1n) is 7.02. The van der Waals surface area contributed by atoms with E-state index in [1.807, 2.05) is 24.5 Å². The Hall–Kier alpha value is -0.590. The molecule has 5 heteroatoms. The summed E-state index contributed by atoms with van der Waals surface area (Å²) in [6.45, 7) is 1.86. The monoisotopic (exact) mass is 295 g/mol. The van der Waals surface area contributed by atoms with E-state index in [9.17, 15) is 5.11 Å². The van der Waals surface area contributed by atoms with Gasteiger partial charge in [0.05, 0.1) is 25.4 Å². The zero-order valence-electron chi connectivity index (χ0n) is 11.6.